The van der Waals surface area contributed by atoms with Gasteiger partial charge in [0, 0.05) is 22.3 Å². The quantitative estimate of drug-likeness (QED) is 0.763. The Bertz CT molecular complexity index is 986. The normalized spacial score (nSPS) is 13.8. The summed E-state index contributed by atoms with van der Waals surface area (Å²) in [7, 11) is 0. The summed E-state index contributed by atoms with van der Waals surface area (Å²) in [5, 5.41) is 8.33. The highest BCUT2D eigenvalue weighted by atomic mass is 19.4. The van der Waals surface area contributed by atoms with E-state index in [1.165, 1.54) is 4.68 Å². The molecule has 4 rings (SSSR count). The number of halogens is 3. The van der Waals surface area contributed by atoms with E-state index >= 15 is 0 Å². The van der Waals surface area contributed by atoms with E-state index in [1.54, 1.807) is 6.07 Å². The molecule has 3 aromatic rings. The number of benzene rings is 2. The van der Waals surface area contributed by atoms with E-state index in [-0.39, 0.29) is 12.1 Å². The molecular formula is C19H16F3N3O. The highest BCUT2D eigenvalue weighted by Gasteiger charge is 2.40. The Morgan fingerprint density at radius 1 is 1.12 bits per heavy atom. The van der Waals surface area contributed by atoms with E-state index in [4.69, 9.17) is 0 Å². The molecule has 0 spiro atoms. The average molecular weight is 359 g/mol. The molecule has 1 aliphatic carbocycles. The van der Waals surface area contributed by atoms with E-state index in [9.17, 15) is 18.0 Å². The minimum absolute atomic E-state index is 0.232. The van der Waals surface area contributed by atoms with Gasteiger partial charge in [-0.05, 0) is 30.7 Å². The summed E-state index contributed by atoms with van der Waals surface area (Å²) >= 11 is 0. The van der Waals surface area contributed by atoms with E-state index in [0.29, 0.717) is 30.6 Å². The first-order valence-electron chi connectivity index (χ1n) is 8.37. The van der Waals surface area contributed by atoms with Gasteiger partial charge in [0.25, 0.3) is 0 Å². The standard InChI is InChI=1S/C19H16F3N3O/c20-19(21,22)18-14-8-4-10-16(14)25(24-18)11-17(26)23-15-9-3-6-12-5-1-2-7-13(12)15/h1-3,5-7,9H,4,8,10-11H2,(H,23,26). The van der Waals surface area contributed by atoms with Crippen molar-refractivity contribution in [3.63, 3.8) is 0 Å². The summed E-state index contributed by atoms with van der Waals surface area (Å²) in [4.78, 5) is 12.4. The predicted octanol–water partition coefficient (Wildman–Crippen LogP) is 4.18. The smallest absolute Gasteiger partial charge is 0.324 e. The first-order chi connectivity index (χ1) is 12.4. The molecule has 0 fully saturated rings. The number of alkyl halides is 3. The zero-order valence-electron chi connectivity index (χ0n) is 13.8. The molecule has 0 unspecified atom stereocenters. The van der Waals surface area contributed by atoms with Crippen LogP contribution in [0.3, 0.4) is 0 Å². The van der Waals surface area contributed by atoms with E-state index < -0.39 is 17.8 Å². The predicted molar refractivity (Wildman–Crippen MR) is 91.8 cm³/mol. The number of amides is 1. The van der Waals surface area contributed by atoms with Gasteiger partial charge in [-0.15, -0.1) is 0 Å². The SMILES string of the molecule is O=C(Cn1nc(C(F)(F)F)c2c1CCC2)Nc1cccc2ccccc12. The molecule has 1 aromatic heterocycles. The molecule has 0 saturated heterocycles. The van der Waals surface area contributed by atoms with Crippen molar-refractivity contribution in [2.24, 2.45) is 0 Å². The van der Waals surface area contributed by atoms with Gasteiger partial charge in [0.05, 0.1) is 0 Å². The highest BCUT2D eigenvalue weighted by Crippen LogP contribution is 2.36. The fraction of sp³-hybridized carbons (Fsp3) is 0.263. The first-order valence-corrected chi connectivity index (χ1v) is 8.37. The van der Waals surface area contributed by atoms with Crippen LogP contribution in [0.2, 0.25) is 0 Å². The molecule has 134 valence electrons. The molecule has 2 aromatic carbocycles. The third kappa shape index (κ3) is 2.94. The van der Waals surface area contributed by atoms with E-state index in [2.05, 4.69) is 10.4 Å². The van der Waals surface area contributed by atoms with Gasteiger partial charge in [-0.1, -0.05) is 36.4 Å². The molecule has 0 bridgehead atoms. The number of carbonyl (C=O) groups is 1. The van der Waals surface area contributed by atoms with Crippen LogP contribution < -0.4 is 5.32 Å². The van der Waals surface area contributed by atoms with Crippen molar-refractivity contribution in [2.75, 3.05) is 5.32 Å². The van der Waals surface area contributed by atoms with Gasteiger partial charge in [0.1, 0.15) is 6.54 Å². The van der Waals surface area contributed by atoms with E-state index in [1.807, 2.05) is 36.4 Å². The molecule has 1 amide bonds. The lowest BCUT2D eigenvalue weighted by Crippen LogP contribution is -2.21. The summed E-state index contributed by atoms with van der Waals surface area (Å²) in [6.45, 7) is -0.234. The molecule has 4 nitrogen and oxygen atoms in total. The topological polar surface area (TPSA) is 46.9 Å². The van der Waals surface area contributed by atoms with Crippen LogP contribution in [0.15, 0.2) is 42.5 Å². The van der Waals surface area contributed by atoms with Crippen LogP contribution in [0.1, 0.15) is 23.4 Å². The first kappa shape index (κ1) is 16.6. The van der Waals surface area contributed by atoms with Gasteiger partial charge in [-0.3, -0.25) is 9.48 Å². The van der Waals surface area contributed by atoms with Crippen molar-refractivity contribution in [3.05, 3.63) is 59.4 Å². The van der Waals surface area contributed by atoms with E-state index in [0.717, 1.165) is 10.8 Å². The molecule has 0 atom stereocenters. The molecule has 7 heteroatoms. The molecule has 1 N–H and O–H groups in total. The summed E-state index contributed by atoms with van der Waals surface area (Å²) < 4.78 is 40.6. The van der Waals surface area contributed by atoms with Crippen molar-refractivity contribution in [3.8, 4) is 0 Å². The Balaban J connectivity index is 1.59. The van der Waals surface area contributed by atoms with Crippen molar-refractivity contribution >= 4 is 22.4 Å². The summed E-state index contributed by atoms with van der Waals surface area (Å²) in [5.74, 6) is -0.396. The summed E-state index contributed by atoms with van der Waals surface area (Å²) in [5.41, 5.74) is 0.525. The monoisotopic (exact) mass is 359 g/mol. The Hall–Kier alpha value is -2.83. The number of hydrogen-bond acceptors (Lipinski definition) is 2. The second-order valence-corrected chi connectivity index (χ2v) is 6.36. The molecule has 26 heavy (non-hydrogen) atoms. The number of nitrogens with zero attached hydrogens (tertiary/aromatic N) is 2. The fourth-order valence-electron chi connectivity index (χ4n) is 3.53. The van der Waals surface area contributed by atoms with Gasteiger partial charge in [-0.2, -0.15) is 18.3 Å². The van der Waals surface area contributed by atoms with Crippen LogP contribution in [-0.4, -0.2) is 15.7 Å². The third-order valence-electron chi connectivity index (χ3n) is 4.63. The van der Waals surface area contributed by atoms with Crippen LogP contribution >= 0.6 is 0 Å². The number of nitrogens with one attached hydrogen (secondary N) is 1. The van der Waals surface area contributed by atoms with Crippen LogP contribution in [0.4, 0.5) is 18.9 Å². The van der Waals surface area contributed by atoms with Crippen molar-refractivity contribution in [2.45, 2.75) is 32.0 Å². The number of carbonyl (C=O) groups excluding carboxylic acids is 1. The van der Waals surface area contributed by atoms with Gasteiger partial charge in [-0.25, -0.2) is 0 Å². The number of aromatic nitrogens is 2. The van der Waals surface area contributed by atoms with Gasteiger partial charge >= 0.3 is 6.18 Å². The number of hydrogen-bond donors (Lipinski definition) is 1. The van der Waals surface area contributed by atoms with Crippen molar-refractivity contribution < 1.29 is 18.0 Å². The van der Waals surface area contributed by atoms with Crippen LogP contribution in [0, 0.1) is 0 Å². The zero-order valence-corrected chi connectivity index (χ0v) is 13.8. The third-order valence-corrected chi connectivity index (χ3v) is 4.63. The number of rotatable bonds is 3. The van der Waals surface area contributed by atoms with Crippen molar-refractivity contribution in [1.29, 1.82) is 0 Å². The molecule has 1 heterocycles. The van der Waals surface area contributed by atoms with Gasteiger partial charge in [0.2, 0.25) is 5.91 Å². The zero-order chi connectivity index (χ0) is 18.3. The minimum Gasteiger partial charge on any atom is -0.324 e. The molecule has 0 saturated carbocycles. The largest absolute Gasteiger partial charge is 0.435 e. The second-order valence-electron chi connectivity index (χ2n) is 6.36. The van der Waals surface area contributed by atoms with Crippen molar-refractivity contribution in [1.82, 2.24) is 9.78 Å². The van der Waals surface area contributed by atoms with Gasteiger partial charge < -0.3 is 5.32 Å². The maximum Gasteiger partial charge on any atom is 0.435 e. The average Bonchev–Trinajstić information content (AvgIpc) is 3.18. The van der Waals surface area contributed by atoms with Crippen LogP contribution in [0.5, 0.6) is 0 Å². The summed E-state index contributed by atoms with van der Waals surface area (Å²) in [6, 6.07) is 13.1. The van der Waals surface area contributed by atoms with Crippen LogP contribution in [-0.2, 0) is 30.4 Å². The Morgan fingerprint density at radius 3 is 2.69 bits per heavy atom. The lowest BCUT2D eigenvalue weighted by molar-refractivity contribution is -0.142. The number of anilines is 1. The summed E-state index contributed by atoms with van der Waals surface area (Å²) in [6.07, 6.45) is -2.97. The van der Waals surface area contributed by atoms with Gasteiger partial charge in [0.15, 0.2) is 5.69 Å². The van der Waals surface area contributed by atoms with Crippen LogP contribution in [0.25, 0.3) is 10.8 Å². The Labute approximate surface area is 147 Å². The lowest BCUT2D eigenvalue weighted by atomic mass is 10.1. The molecular weight excluding hydrogens is 343 g/mol. The fourth-order valence-corrected chi connectivity index (χ4v) is 3.53. The Kier molecular flexibility index (Phi) is 3.94. The maximum atomic E-state index is 13.1. The lowest BCUT2D eigenvalue weighted by Gasteiger charge is -2.10. The maximum absolute atomic E-state index is 13.1. The minimum atomic E-state index is -4.49. The highest BCUT2D eigenvalue weighted by molar-refractivity contribution is 6.02. The number of fused-ring (bicyclic) bond motifs is 2. The molecule has 0 aliphatic heterocycles. The Morgan fingerprint density at radius 2 is 1.88 bits per heavy atom. The molecule has 1 aliphatic rings. The second kappa shape index (κ2) is 6.16. The molecule has 0 radical (unpaired) electrons.